The highest BCUT2D eigenvalue weighted by atomic mass is 16.2. The minimum Gasteiger partial charge on any atom is -0.354 e. The summed E-state index contributed by atoms with van der Waals surface area (Å²) in [6.45, 7) is 10.4. The molecule has 1 unspecified atom stereocenters. The lowest BCUT2D eigenvalue weighted by Crippen LogP contribution is -2.31. The first-order valence-electron chi connectivity index (χ1n) is 9.58. The zero-order chi connectivity index (χ0) is 19.6. The first-order chi connectivity index (χ1) is 12.7. The Bertz CT molecular complexity index is 836. The summed E-state index contributed by atoms with van der Waals surface area (Å²) in [5, 5.41) is 8.64. The highest BCUT2D eigenvalue weighted by Crippen LogP contribution is 2.32. The van der Waals surface area contributed by atoms with Gasteiger partial charge >= 0.3 is 0 Å². The van der Waals surface area contributed by atoms with Crippen molar-refractivity contribution in [1.29, 1.82) is 0 Å². The molecule has 2 aromatic rings. The highest BCUT2D eigenvalue weighted by molar-refractivity contribution is 5.80. The first kappa shape index (κ1) is 19.3. The number of fused-ring (bicyclic) bond motifs is 1. The molecule has 2 amide bonds. The van der Waals surface area contributed by atoms with Crippen LogP contribution in [0.5, 0.6) is 0 Å². The number of aromatic nitrogens is 3. The third-order valence-corrected chi connectivity index (χ3v) is 4.84. The molecule has 0 saturated carbocycles. The predicted molar refractivity (Wildman–Crippen MR) is 104 cm³/mol. The summed E-state index contributed by atoms with van der Waals surface area (Å²) in [6.07, 6.45) is 3.24. The maximum absolute atomic E-state index is 12.6. The number of likely N-dealkylation sites (tertiary alicyclic amines) is 1. The molecule has 0 spiro atoms. The zero-order valence-corrected chi connectivity index (χ0v) is 16.7. The van der Waals surface area contributed by atoms with Crippen molar-refractivity contribution in [2.75, 3.05) is 19.6 Å². The molecule has 2 aromatic heterocycles. The van der Waals surface area contributed by atoms with Gasteiger partial charge < -0.3 is 10.2 Å². The van der Waals surface area contributed by atoms with E-state index < -0.39 is 0 Å². The summed E-state index contributed by atoms with van der Waals surface area (Å²) < 4.78 is 1.86. The van der Waals surface area contributed by atoms with Crippen molar-refractivity contribution in [3.8, 4) is 0 Å². The molecule has 0 bridgehead atoms. The lowest BCUT2D eigenvalue weighted by atomic mass is 9.91. The molecule has 0 aliphatic carbocycles. The lowest BCUT2D eigenvalue weighted by molar-refractivity contribution is -0.132. The molecule has 146 valence electrons. The number of pyridine rings is 1. The van der Waals surface area contributed by atoms with Crippen LogP contribution >= 0.6 is 0 Å². The van der Waals surface area contributed by atoms with Gasteiger partial charge in [0.2, 0.25) is 11.8 Å². The van der Waals surface area contributed by atoms with E-state index in [2.05, 4.69) is 31.1 Å². The second-order valence-electron chi connectivity index (χ2n) is 8.53. The molecular weight excluding hydrogens is 342 g/mol. The van der Waals surface area contributed by atoms with E-state index in [4.69, 9.17) is 5.10 Å². The van der Waals surface area contributed by atoms with E-state index in [9.17, 15) is 9.59 Å². The molecule has 1 aliphatic rings. The summed E-state index contributed by atoms with van der Waals surface area (Å²) in [7, 11) is 0. The number of nitrogens with zero attached hydrogens (tertiary/aromatic N) is 4. The predicted octanol–water partition coefficient (Wildman–Crippen LogP) is 2.32. The van der Waals surface area contributed by atoms with E-state index in [0.29, 0.717) is 26.1 Å². The van der Waals surface area contributed by atoms with Crippen molar-refractivity contribution in [2.24, 2.45) is 5.41 Å². The monoisotopic (exact) mass is 371 g/mol. The van der Waals surface area contributed by atoms with Crippen molar-refractivity contribution in [1.82, 2.24) is 25.0 Å². The van der Waals surface area contributed by atoms with Gasteiger partial charge in [-0.1, -0.05) is 20.8 Å². The van der Waals surface area contributed by atoms with Crippen LogP contribution in [-0.2, 0) is 16.1 Å². The fraction of sp³-hybridized carbons (Fsp3) is 0.600. The van der Waals surface area contributed by atoms with Crippen molar-refractivity contribution in [2.45, 2.75) is 53.0 Å². The van der Waals surface area contributed by atoms with E-state index in [1.807, 2.05) is 21.7 Å². The molecule has 27 heavy (non-hydrogen) atoms. The van der Waals surface area contributed by atoms with Crippen LogP contribution in [0.25, 0.3) is 11.0 Å². The van der Waals surface area contributed by atoms with Gasteiger partial charge in [-0.05, 0) is 24.0 Å². The van der Waals surface area contributed by atoms with E-state index in [1.165, 1.54) is 6.92 Å². The van der Waals surface area contributed by atoms with Crippen LogP contribution in [-0.4, -0.2) is 51.1 Å². The third kappa shape index (κ3) is 4.64. The van der Waals surface area contributed by atoms with Crippen LogP contribution in [0.3, 0.4) is 0 Å². The van der Waals surface area contributed by atoms with Gasteiger partial charge in [-0.2, -0.15) is 5.10 Å². The molecule has 3 rings (SSSR count). The largest absolute Gasteiger partial charge is 0.354 e. The molecule has 1 aliphatic heterocycles. The highest BCUT2D eigenvalue weighted by Gasteiger charge is 2.32. The van der Waals surface area contributed by atoms with Crippen LogP contribution in [0.1, 0.15) is 52.1 Å². The van der Waals surface area contributed by atoms with Gasteiger partial charge in [0, 0.05) is 50.5 Å². The van der Waals surface area contributed by atoms with E-state index >= 15 is 0 Å². The minimum atomic E-state index is -0.0524. The van der Waals surface area contributed by atoms with Crippen molar-refractivity contribution >= 4 is 22.8 Å². The number of carbonyl (C=O) groups is 2. The molecule has 1 atom stereocenters. The van der Waals surface area contributed by atoms with Gasteiger partial charge in [0.15, 0.2) is 5.65 Å². The Kier molecular flexibility index (Phi) is 5.48. The second-order valence-corrected chi connectivity index (χ2v) is 8.53. The Balaban J connectivity index is 1.77. The maximum atomic E-state index is 12.6. The number of nitrogens with one attached hydrogen (secondary N) is 1. The van der Waals surface area contributed by atoms with Gasteiger partial charge in [-0.3, -0.25) is 9.59 Å². The molecule has 7 heteroatoms. The average molecular weight is 371 g/mol. The zero-order valence-electron chi connectivity index (χ0n) is 16.7. The molecule has 3 heterocycles. The maximum Gasteiger partial charge on any atom is 0.223 e. The van der Waals surface area contributed by atoms with Crippen LogP contribution in [0.4, 0.5) is 0 Å². The summed E-state index contributed by atoms with van der Waals surface area (Å²) >= 11 is 0. The SMILES string of the molecule is CC(=O)NCCn1nc(C2CCN(C(=O)CC(C)(C)C)C2)c2cccnc21. The number of hydrogen-bond acceptors (Lipinski definition) is 4. The Hall–Kier alpha value is -2.44. The standard InChI is InChI=1S/C20H29N5O2/c1-14(26)21-9-11-25-19-16(6-5-8-22-19)18(23-25)15-7-10-24(13-15)17(27)12-20(2,3)4/h5-6,8,15H,7,9-13H2,1-4H3,(H,21,26). The normalized spacial score (nSPS) is 17.5. The van der Waals surface area contributed by atoms with Crippen molar-refractivity contribution in [3.05, 3.63) is 24.0 Å². The van der Waals surface area contributed by atoms with Gasteiger partial charge in [0.25, 0.3) is 0 Å². The van der Waals surface area contributed by atoms with Crippen LogP contribution in [0, 0.1) is 5.41 Å². The second kappa shape index (κ2) is 7.66. The van der Waals surface area contributed by atoms with E-state index in [-0.39, 0.29) is 23.1 Å². The van der Waals surface area contributed by atoms with Crippen LogP contribution in [0.15, 0.2) is 18.3 Å². The summed E-state index contributed by atoms with van der Waals surface area (Å²) in [6, 6.07) is 3.96. The Morgan fingerprint density at radius 1 is 1.33 bits per heavy atom. The third-order valence-electron chi connectivity index (χ3n) is 4.84. The van der Waals surface area contributed by atoms with Gasteiger partial charge in [0.05, 0.1) is 12.2 Å². The van der Waals surface area contributed by atoms with Gasteiger partial charge in [-0.25, -0.2) is 9.67 Å². The molecular formula is C20H29N5O2. The van der Waals surface area contributed by atoms with Crippen molar-refractivity contribution < 1.29 is 9.59 Å². The summed E-state index contributed by atoms with van der Waals surface area (Å²) in [5.74, 6) is 0.392. The fourth-order valence-corrected chi connectivity index (χ4v) is 3.60. The molecule has 1 fully saturated rings. The summed E-state index contributed by atoms with van der Waals surface area (Å²) in [5.41, 5.74) is 1.83. The Morgan fingerprint density at radius 3 is 2.81 bits per heavy atom. The quantitative estimate of drug-likeness (QED) is 0.875. The molecule has 0 radical (unpaired) electrons. The number of amides is 2. The average Bonchev–Trinajstić information content (AvgIpc) is 3.18. The summed E-state index contributed by atoms with van der Waals surface area (Å²) in [4.78, 5) is 30.1. The molecule has 7 nitrogen and oxygen atoms in total. The molecule has 1 saturated heterocycles. The lowest BCUT2D eigenvalue weighted by Gasteiger charge is -2.22. The van der Waals surface area contributed by atoms with Crippen LogP contribution in [0.2, 0.25) is 0 Å². The van der Waals surface area contributed by atoms with E-state index in [0.717, 1.165) is 29.7 Å². The minimum absolute atomic E-state index is 0.00290. The molecule has 1 N–H and O–H groups in total. The number of carbonyl (C=O) groups excluding carboxylic acids is 2. The smallest absolute Gasteiger partial charge is 0.223 e. The Labute approximate surface area is 160 Å². The Morgan fingerprint density at radius 2 is 2.11 bits per heavy atom. The fourth-order valence-electron chi connectivity index (χ4n) is 3.60. The number of hydrogen-bond donors (Lipinski definition) is 1. The van der Waals surface area contributed by atoms with E-state index in [1.54, 1.807) is 6.20 Å². The topological polar surface area (TPSA) is 80.1 Å². The van der Waals surface area contributed by atoms with Crippen molar-refractivity contribution in [3.63, 3.8) is 0 Å². The molecule has 0 aromatic carbocycles. The van der Waals surface area contributed by atoms with Gasteiger partial charge in [-0.15, -0.1) is 0 Å². The number of rotatable bonds is 5. The first-order valence-corrected chi connectivity index (χ1v) is 9.58. The van der Waals surface area contributed by atoms with Gasteiger partial charge in [0.1, 0.15) is 0 Å². The van der Waals surface area contributed by atoms with Crippen LogP contribution < -0.4 is 5.32 Å².